The van der Waals surface area contributed by atoms with Gasteiger partial charge in [0.1, 0.15) is 0 Å². The fourth-order valence-electron chi connectivity index (χ4n) is 3.81. The van der Waals surface area contributed by atoms with E-state index in [2.05, 4.69) is 25.7 Å². The van der Waals surface area contributed by atoms with Crippen LogP contribution in [-0.4, -0.2) is 25.2 Å². The van der Waals surface area contributed by atoms with Crippen LogP contribution in [-0.2, 0) is 19.1 Å². The fourth-order valence-corrected chi connectivity index (χ4v) is 3.81. The van der Waals surface area contributed by atoms with Crippen LogP contribution in [0.1, 0.15) is 137 Å². The molecule has 4 heteroatoms. The molecule has 0 aliphatic rings. The first-order valence-electron chi connectivity index (χ1n) is 13.4. The molecular formula is C28H50O4. The third-order valence-electron chi connectivity index (χ3n) is 6.20. The molecule has 0 unspecified atom stereocenters. The van der Waals surface area contributed by atoms with Gasteiger partial charge in [-0.15, -0.1) is 11.8 Å². The number of carbonyl (C=O) groups is 2. The van der Waals surface area contributed by atoms with E-state index in [-0.39, 0.29) is 0 Å². The number of hydrogen-bond acceptors (Lipinski definition) is 4. The summed E-state index contributed by atoms with van der Waals surface area (Å²) in [5.74, 6) is 5.45. The number of hydrogen-bond donors (Lipinski definition) is 0. The number of esters is 2. The van der Waals surface area contributed by atoms with Gasteiger partial charge in [0, 0.05) is 12.8 Å². The van der Waals surface area contributed by atoms with E-state index in [1.54, 1.807) is 0 Å². The van der Waals surface area contributed by atoms with E-state index < -0.39 is 17.4 Å². The molecule has 0 saturated carbocycles. The Balaban J connectivity index is 4.07. The molecule has 186 valence electrons. The van der Waals surface area contributed by atoms with E-state index in [1.807, 2.05) is 13.8 Å². The van der Waals surface area contributed by atoms with Gasteiger partial charge in [-0.05, 0) is 32.1 Å². The van der Waals surface area contributed by atoms with Crippen LogP contribution in [0.3, 0.4) is 0 Å². The third kappa shape index (κ3) is 13.8. The SMILES string of the molecule is CCC#CCCCCCCCCOC(=O)C(CC)(CC)C(=O)OCCCCCCCCC. The van der Waals surface area contributed by atoms with Crippen LogP contribution in [0.2, 0.25) is 0 Å². The van der Waals surface area contributed by atoms with E-state index in [9.17, 15) is 9.59 Å². The van der Waals surface area contributed by atoms with Crippen LogP contribution in [0.4, 0.5) is 0 Å². The van der Waals surface area contributed by atoms with Crippen LogP contribution in [0.15, 0.2) is 0 Å². The van der Waals surface area contributed by atoms with Gasteiger partial charge in [0.25, 0.3) is 0 Å². The van der Waals surface area contributed by atoms with Crippen molar-refractivity contribution in [3.63, 3.8) is 0 Å². The molecule has 0 aromatic heterocycles. The molecule has 0 aliphatic carbocycles. The van der Waals surface area contributed by atoms with Gasteiger partial charge in [0.15, 0.2) is 5.41 Å². The van der Waals surface area contributed by atoms with Gasteiger partial charge in [-0.2, -0.15) is 0 Å². The summed E-state index contributed by atoms with van der Waals surface area (Å²) < 4.78 is 11.0. The average molecular weight is 451 g/mol. The summed E-state index contributed by atoms with van der Waals surface area (Å²) in [4.78, 5) is 25.4. The molecule has 0 aromatic rings. The Bertz CT molecular complexity index is 525. The molecule has 0 saturated heterocycles. The number of rotatable bonds is 20. The lowest BCUT2D eigenvalue weighted by atomic mass is 9.82. The minimum Gasteiger partial charge on any atom is -0.465 e. The van der Waals surface area contributed by atoms with Crippen LogP contribution < -0.4 is 0 Å². The summed E-state index contributed by atoms with van der Waals surface area (Å²) in [6.07, 6.45) is 17.5. The average Bonchev–Trinajstić information content (AvgIpc) is 2.80. The number of ether oxygens (including phenoxy) is 2. The zero-order valence-electron chi connectivity index (χ0n) is 21.6. The van der Waals surface area contributed by atoms with E-state index >= 15 is 0 Å². The van der Waals surface area contributed by atoms with Gasteiger partial charge in [0.2, 0.25) is 0 Å². The second-order valence-electron chi connectivity index (χ2n) is 8.76. The Kier molecular flexibility index (Phi) is 20.4. The van der Waals surface area contributed by atoms with Crippen LogP contribution in [0.25, 0.3) is 0 Å². The molecule has 0 rings (SSSR count). The number of carbonyl (C=O) groups excluding carboxylic acids is 2. The molecule has 0 aliphatic heterocycles. The van der Waals surface area contributed by atoms with Gasteiger partial charge in [-0.3, -0.25) is 9.59 Å². The summed E-state index contributed by atoms with van der Waals surface area (Å²) in [6, 6.07) is 0. The first-order chi connectivity index (χ1) is 15.6. The maximum Gasteiger partial charge on any atom is 0.323 e. The van der Waals surface area contributed by atoms with Crippen LogP contribution >= 0.6 is 0 Å². The Hall–Kier alpha value is -1.50. The second-order valence-corrected chi connectivity index (χ2v) is 8.76. The normalized spacial score (nSPS) is 11.0. The van der Waals surface area contributed by atoms with Gasteiger partial charge in [-0.1, -0.05) is 91.9 Å². The molecule has 4 nitrogen and oxygen atoms in total. The molecule has 0 aromatic carbocycles. The minimum atomic E-state index is -1.15. The standard InChI is InChI=1S/C28H50O4/c1-5-9-11-13-15-16-17-19-21-23-25-32-27(30)28(7-3,8-4)26(29)31-24-22-20-18-14-12-10-6-2/h5-8,10,12-25H2,1-4H3. The van der Waals surface area contributed by atoms with Crippen molar-refractivity contribution in [3.05, 3.63) is 0 Å². The molecule has 32 heavy (non-hydrogen) atoms. The lowest BCUT2D eigenvalue weighted by Gasteiger charge is -2.27. The fraction of sp³-hybridized carbons (Fsp3) is 0.857. The lowest BCUT2D eigenvalue weighted by molar-refractivity contribution is -0.173. The molecule has 0 fully saturated rings. The predicted molar refractivity (Wildman–Crippen MR) is 133 cm³/mol. The van der Waals surface area contributed by atoms with Gasteiger partial charge < -0.3 is 9.47 Å². The van der Waals surface area contributed by atoms with Crippen molar-refractivity contribution in [2.45, 2.75) is 137 Å². The summed E-state index contributed by atoms with van der Waals surface area (Å²) >= 11 is 0. The molecule has 0 atom stereocenters. The molecule has 0 amide bonds. The zero-order chi connectivity index (χ0) is 23.9. The highest BCUT2D eigenvalue weighted by Gasteiger charge is 2.45. The molecule has 0 spiro atoms. The maximum atomic E-state index is 12.7. The minimum absolute atomic E-state index is 0.383. The zero-order valence-corrected chi connectivity index (χ0v) is 21.6. The van der Waals surface area contributed by atoms with Crippen LogP contribution in [0.5, 0.6) is 0 Å². The monoisotopic (exact) mass is 450 g/mol. The van der Waals surface area contributed by atoms with Gasteiger partial charge >= 0.3 is 11.9 Å². The summed E-state index contributed by atoms with van der Waals surface area (Å²) in [6.45, 7) is 8.80. The molecule has 0 bridgehead atoms. The predicted octanol–water partition coefficient (Wildman–Crippen LogP) is 7.77. The largest absolute Gasteiger partial charge is 0.465 e. The summed E-state index contributed by atoms with van der Waals surface area (Å²) in [7, 11) is 0. The number of unbranched alkanes of at least 4 members (excludes halogenated alkanes) is 12. The van der Waals surface area contributed by atoms with Gasteiger partial charge in [-0.25, -0.2) is 0 Å². The van der Waals surface area contributed by atoms with E-state index in [4.69, 9.17) is 9.47 Å². The summed E-state index contributed by atoms with van der Waals surface area (Å²) in [5, 5.41) is 0. The van der Waals surface area contributed by atoms with E-state index in [1.165, 1.54) is 51.4 Å². The van der Waals surface area contributed by atoms with Crippen molar-refractivity contribution < 1.29 is 19.1 Å². The summed E-state index contributed by atoms with van der Waals surface area (Å²) in [5.41, 5.74) is -1.15. The Labute approximate surface area is 198 Å². The first kappa shape index (κ1) is 30.5. The highest BCUT2D eigenvalue weighted by Crippen LogP contribution is 2.30. The quantitative estimate of drug-likeness (QED) is 0.0822. The molecular weight excluding hydrogens is 400 g/mol. The Morgan fingerprint density at radius 3 is 1.47 bits per heavy atom. The second kappa shape index (κ2) is 21.4. The third-order valence-corrected chi connectivity index (χ3v) is 6.20. The Morgan fingerprint density at radius 1 is 0.594 bits per heavy atom. The van der Waals surface area contributed by atoms with E-state index in [0.29, 0.717) is 26.1 Å². The molecule has 0 N–H and O–H groups in total. The highest BCUT2D eigenvalue weighted by atomic mass is 16.6. The molecule has 0 heterocycles. The van der Waals surface area contributed by atoms with Crippen LogP contribution in [0, 0.1) is 17.3 Å². The highest BCUT2D eigenvalue weighted by molar-refractivity contribution is 5.99. The van der Waals surface area contributed by atoms with E-state index in [0.717, 1.165) is 44.9 Å². The van der Waals surface area contributed by atoms with Crippen molar-refractivity contribution in [2.75, 3.05) is 13.2 Å². The van der Waals surface area contributed by atoms with Crippen molar-refractivity contribution in [1.29, 1.82) is 0 Å². The first-order valence-corrected chi connectivity index (χ1v) is 13.4. The molecule has 0 radical (unpaired) electrons. The van der Waals surface area contributed by atoms with Crippen molar-refractivity contribution >= 4 is 11.9 Å². The lowest BCUT2D eigenvalue weighted by Crippen LogP contribution is -2.41. The van der Waals surface area contributed by atoms with Crippen molar-refractivity contribution in [2.24, 2.45) is 5.41 Å². The Morgan fingerprint density at radius 2 is 1.03 bits per heavy atom. The van der Waals surface area contributed by atoms with Crippen molar-refractivity contribution in [3.8, 4) is 11.8 Å². The van der Waals surface area contributed by atoms with Crippen molar-refractivity contribution in [1.82, 2.24) is 0 Å². The maximum absolute atomic E-state index is 12.7. The van der Waals surface area contributed by atoms with Gasteiger partial charge in [0.05, 0.1) is 13.2 Å². The smallest absolute Gasteiger partial charge is 0.323 e. The topological polar surface area (TPSA) is 52.6 Å².